The van der Waals surface area contributed by atoms with Crippen LogP contribution in [0.25, 0.3) is 0 Å². The van der Waals surface area contributed by atoms with E-state index in [-0.39, 0.29) is 0 Å². The molecule has 0 aliphatic rings. The molecular formula is C11H13F3OS. The topological polar surface area (TPSA) is 9.23 Å². The van der Waals surface area contributed by atoms with Gasteiger partial charge in [0, 0.05) is 5.75 Å². The summed E-state index contributed by atoms with van der Waals surface area (Å²) in [4.78, 5) is 0. The molecule has 0 N–H and O–H groups in total. The molecule has 0 saturated carbocycles. The standard InChI is InChI=1S/C11H13F3OS/c1-8-5-9(6-16-2)3-4-10(8)15-7-11(12,13)14/h3-5H,6-7H2,1-2H3. The summed E-state index contributed by atoms with van der Waals surface area (Å²) in [6, 6.07) is 5.23. The number of ether oxygens (including phenoxy) is 1. The van der Waals surface area contributed by atoms with E-state index in [4.69, 9.17) is 4.74 Å². The van der Waals surface area contributed by atoms with Crippen LogP contribution in [0.3, 0.4) is 0 Å². The van der Waals surface area contributed by atoms with Gasteiger partial charge in [-0.05, 0) is 30.4 Å². The van der Waals surface area contributed by atoms with Crippen LogP contribution in [0, 0.1) is 6.92 Å². The van der Waals surface area contributed by atoms with Crippen molar-refractivity contribution in [2.45, 2.75) is 18.9 Å². The van der Waals surface area contributed by atoms with E-state index < -0.39 is 12.8 Å². The lowest BCUT2D eigenvalue weighted by Crippen LogP contribution is -2.19. The van der Waals surface area contributed by atoms with E-state index in [0.29, 0.717) is 5.75 Å². The van der Waals surface area contributed by atoms with Gasteiger partial charge in [-0.2, -0.15) is 24.9 Å². The molecule has 1 rings (SSSR count). The second-order valence-electron chi connectivity index (χ2n) is 3.44. The molecule has 0 unspecified atom stereocenters. The first-order chi connectivity index (χ1) is 7.42. The predicted molar refractivity (Wildman–Crippen MR) is 59.9 cm³/mol. The smallest absolute Gasteiger partial charge is 0.422 e. The normalized spacial score (nSPS) is 11.6. The molecule has 0 aromatic heterocycles. The first-order valence-corrected chi connectivity index (χ1v) is 6.10. The fourth-order valence-corrected chi connectivity index (χ4v) is 1.80. The van der Waals surface area contributed by atoms with Gasteiger partial charge in [-0.15, -0.1) is 0 Å². The van der Waals surface area contributed by atoms with Gasteiger partial charge >= 0.3 is 6.18 Å². The molecular weight excluding hydrogens is 237 g/mol. The van der Waals surface area contributed by atoms with Crippen LogP contribution >= 0.6 is 11.8 Å². The van der Waals surface area contributed by atoms with Crippen molar-refractivity contribution < 1.29 is 17.9 Å². The summed E-state index contributed by atoms with van der Waals surface area (Å²) >= 11 is 1.67. The quantitative estimate of drug-likeness (QED) is 0.803. The summed E-state index contributed by atoms with van der Waals surface area (Å²) in [5, 5.41) is 0. The maximum Gasteiger partial charge on any atom is 0.422 e. The van der Waals surface area contributed by atoms with E-state index in [1.807, 2.05) is 12.3 Å². The van der Waals surface area contributed by atoms with E-state index in [9.17, 15) is 13.2 Å². The van der Waals surface area contributed by atoms with Gasteiger partial charge in [-0.1, -0.05) is 12.1 Å². The highest BCUT2D eigenvalue weighted by Gasteiger charge is 2.28. The summed E-state index contributed by atoms with van der Waals surface area (Å²) in [5.41, 5.74) is 1.82. The van der Waals surface area contributed by atoms with E-state index in [1.165, 1.54) is 0 Å². The molecule has 0 amide bonds. The molecule has 90 valence electrons. The molecule has 0 fully saturated rings. The number of benzene rings is 1. The van der Waals surface area contributed by atoms with Crippen molar-refractivity contribution in [2.24, 2.45) is 0 Å². The number of hydrogen-bond donors (Lipinski definition) is 0. The van der Waals surface area contributed by atoms with E-state index in [1.54, 1.807) is 30.8 Å². The highest BCUT2D eigenvalue weighted by Crippen LogP contribution is 2.23. The minimum atomic E-state index is -4.29. The van der Waals surface area contributed by atoms with Crippen LogP contribution in [0.1, 0.15) is 11.1 Å². The molecule has 0 spiro atoms. The maximum absolute atomic E-state index is 11.9. The fourth-order valence-electron chi connectivity index (χ4n) is 1.29. The van der Waals surface area contributed by atoms with Crippen molar-refractivity contribution in [1.82, 2.24) is 0 Å². The third kappa shape index (κ3) is 4.35. The summed E-state index contributed by atoms with van der Waals surface area (Å²) in [7, 11) is 0. The van der Waals surface area contributed by atoms with Crippen LogP contribution in [0.5, 0.6) is 5.75 Å². The molecule has 1 aromatic carbocycles. The number of alkyl halides is 3. The molecule has 1 nitrogen and oxygen atoms in total. The monoisotopic (exact) mass is 250 g/mol. The van der Waals surface area contributed by atoms with E-state index in [2.05, 4.69) is 0 Å². The highest BCUT2D eigenvalue weighted by atomic mass is 32.2. The Balaban J connectivity index is 2.68. The van der Waals surface area contributed by atoms with Crippen molar-refractivity contribution in [2.75, 3.05) is 12.9 Å². The fraction of sp³-hybridized carbons (Fsp3) is 0.455. The Morgan fingerprint density at radius 3 is 2.50 bits per heavy atom. The zero-order valence-corrected chi connectivity index (χ0v) is 9.91. The predicted octanol–water partition coefficient (Wildman–Crippen LogP) is 3.80. The van der Waals surface area contributed by atoms with Gasteiger partial charge in [0.05, 0.1) is 0 Å². The van der Waals surface area contributed by atoms with Gasteiger partial charge in [0.25, 0.3) is 0 Å². The SMILES string of the molecule is CSCc1ccc(OCC(F)(F)F)c(C)c1. The Labute approximate surface area is 97.0 Å². The average molecular weight is 250 g/mol. The van der Waals surface area contributed by atoms with Crippen molar-refractivity contribution in [1.29, 1.82) is 0 Å². The summed E-state index contributed by atoms with van der Waals surface area (Å²) in [6.45, 7) is 0.505. The molecule has 0 heterocycles. The number of thioether (sulfide) groups is 1. The number of rotatable bonds is 4. The number of hydrogen-bond acceptors (Lipinski definition) is 2. The molecule has 0 aliphatic heterocycles. The van der Waals surface area contributed by atoms with Gasteiger partial charge in [0.15, 0.2) is 6.61 Å². The number of halogens is 3. The van der Waals surface area contributed by atoms with E-state index >= 15 is 0 Å². The second-order valence-corrected chi connectivity index (χ2v) is 4.30. The van der Waals surface area contributed by atoms with Gasteiger partial charge in [0.2, 0.25) is 0 Å². The lowest BCUT2D eigenvalue weighted by molar-refractivity contribution is -0.153. The first-order valence-electron chi connectivity index (χ1n) is 4.70. The zero-order valence-electron chi connectivity index (χ0n) is 9.10. The van der Waals surface area contributed by atoms with Gasteiger partial charge in [-0.25, -0.2) is 0 Å². The Morgan fingerprint density at radius 2 is 2.00 bits per heavy atom. The molecule has 5 heteroatoms. The minimum absolute atomic E-state index is 0.294. The van der Waals surface area contributed by atoms with Crippen LogP contribution in [0.15, 0.2) is 18.2 Å². The van der Waals surface area contributed by atoms with Crippen LogP contribution in [-0.4, -0.2) is 19.0 Å². The van der Waals surface area contributed by atoms with Gasteiger partial charge < -0.3 is 4.74 Å². The average Bonchev–Trinajstić information content (AvgIpc) is 2.15. The van der Waals surface area contributed by atoms with Crippen LogP contribution in [-0.2, 0) is 5.75 Å². The van der Waals surface area contributed by atoms with Crippen LogP contribution in [0.2, 0.25) is 0 Å². The lowest BCUT2D eigenvalue weighted by atomic mass is 10.1. The summed E-state index contributed by atoms with van der Waals surface area (Å²) < 4.78 is 40.5. The largest absolute Gasteiger partial charge is 0.484 e. The zero-order chi connectivity index (χ0) is 12.2. The molecule has 0 saturated heterocycles. The second kappa shape index (κ2) is 5.48. The Hall–Kier alpha value is -0.840. The Bertz CT molecular complexity index is 350. The maximum atomic E-state index is 11.9. The molecule has 16 heavy (non-hydrogen) atoms. The third-order valence-electron chi connectivity index (χ3n) is 1.94. The molecule has 0 aliphatic carbocycles. The first kappa shape index (κ1) is 13.2. The molecule has 0 atom stereocenters. The molecule has 0 bridgehead atoms. The van der Waals surface area contributed by atoms with Crippen LogP contribution < -0.4 is 4.74 Å². The number of aryl methyl sites for hydroxylation is 1. The van der Waals surface area contributed by atoms with Gasteiger partial charge in [-0.3, -0.25) is 0 Å². The molecule has 0 radical (unpaired) electrons. The van der Waals surface area contributed by atoms with Crippen molar-refractivity contribution in [3.8, 4) is 5.75 Å². The lowest BCUT2D eigenvalue weighted by Gasteiger charge is -2.12. The Kier molecular flexibility index (Phi) is 4.53. The Morgan fingerprint density at radius 1 is 1.31 bits per heavy atom. The molecule has 1 aromatic rings. The van der Waals surface area contributed by atoms with Crippen LogP contribution in [0.4, 0.5) is 13.2 Å². The highest BCUT2D eigenvalue weighted by molar-refractivity contribution is 7.97. The third-order valence-corrected chi connectivity index (χ3v) is 2.56. The summed E-state index contributed by atoms with van der Waals surface area (Å²) in [5.74, 6) is 1.14. The van der Waals surface area contributed by atoms with Crippen molar-refractivity contribution >= 4 is 11.8 Å². The van der Waals surface area contributed by atoms with Crippen molar-refractivity contribution in [3.05, 3.63) is 29.3 Å². The minimum Gasteiger partial charge on any atom is -0.484 e. The van der Waals surface area contributed by atoms with E-state index in [0.717, 1.165) is 16.9 Å². The summed E-state index contributed by atoms with van der Waals surface area (Å²) in [6.07, 6.45) is -2.31. The van der Waals surface area contributed by atoms with Gasteiger partial charge in [0.1, 0.15) is 5.75 Å². The van der Waals surface area contributed by atoms with Crippen molar-refractivity contribution in [3.63, 3.8) is 0 Å².